The van der Waals surface area contributed by atoms with E-state index < -0.39 is 11.5 Å². The number of carboxylic acid groups (broad SMARTS) is 1. The van der Waals surface area contributed by atoms with E-state index in [0.717, 1.165) is 38.0 Å². The first-order valence-corrected chi connectivity index (χ1v) is 7.66. The number of hydrogen-bond acceptors (Lipinski definition) is 3. The summed E-state index contributed by atoms with van der Waals surface area (Å²) in [5.74, 6) is -0.00912. The smallest absolute Gasteiger partial charge is 0.323 e. The summed E-state index contributed by atoms with van der Waals surface area (Å²) in [7, 11) is 0. The van der Waals surface area contributed by atoms with Crippen LogP contribution in [0.2, 0.25) is 0 Å². The zero-order valence-corrected chi connectivity index (χ0v) is 11.9. The van der Waals surface area contributed by atoms with Crippen molar-refractivity contribution in [3.05, 3.63) is 0 Å². The van der Waals surface area contributed by atoms with E-state index in [4.69, 9.17) is 10.5 Å². The third kappa shape index (κ3) is 3.48. The molecule has 0 aromatic heterocycles. The Morgan fingerprint density at radius 1 is 1.37 bits per heavy atom. The second kappa shape index (κ2) is 6.23. The number of carbonyl (C=O) groups is 1. The second-order valence-corrected chi connectivity index (χ2v) is 6.49. The van der Waals surface area contributed by atoms with Crippen LogP contribution in [0.15, 0.2) is 0 Å². The lowest BCUT2D eigenvalue weighted by molar-refractivity contribution is -0.145. The van der Waals surface area contributed by atoms with E-state index in [1.54, 1.807) is 0 Å². The average Bonchev–Trinajstić information content (AvgIpc) is 2.73. The normalized spacial score (nSPS) is 39.4. The largest absolute Gasteiger partial charge is 0.480 e. The molecule has 2 aliphatic rings. The Balaban J connectivity index is 1.74. The minimum Gasteiger partial charge on any atom is -0.480 e. The third-order valence-corrected chi connectivity index (χ3v) is 4.98. The van der Waals surface area contributed by atoms with Gasteiger partial charge in [-0.3, -0.25) is 4.79 Å². The highest BCUT2D eigenvalue weighted by atomic mass is 16.5. The molecule has 4 atom stereocenters. The molecule has 4 nitrogen and oxygen atoms in total. The number of hydrogen-bond donors (Lipinski definition) is 2. The van der Waals surface area contributed by atoms with E-state index in [2.05, 4.69) is 6.92 Å². The summed E-state index contributed by atoms with van der Waals surface area (Å²) in [5.41, 5.74) is 5.02. The molecule has 0 heterocycles. The first-order chi connectivity index (χ1) is 9.02. The molecule has 2 rings (SSSR count). The van der Waals surface area contributed by atoms with Crippen LogP contribution in [-0.4, -0.2) is 29.3 Å². The van der Waals surface area contributed by atoms with Gasteiger partial charge in [0.2, 0.25) is 0 Å². The topological polar surface area (TPSA) is 72.5 Å². The van der Waals surface area contributed by atoms with Gasteiger partial charge in [-0.1, -0.05) is 26.2 Å². The Kier molecular flexibility index (Phi) is 4.85. The number of carboxylic acids is 1. The molecule has 2 fully saturated rings. The van der Waals surface area contributed by atoms with Crippen LogP contribution in [-0.2, 0) is 9.53 Å². The molecule has 0 bridgehead atoms. The van der Waals surface area contributed by atoms with E-state index in [1.165, 1.54) is 12.8 Å². The summed E-state index contributed by atoms with van der Waals surface area (Å²) in [6, 6.07) is 0. The van der Waals surface area contributed by atoms with E-state index in [1.807, 2.05) is 0 Å². The summed E-state index contributed by atoms with van der Waals surface area (Å²) in [4.78, 5) is 11.3. The van der Waals surface area contributed by atoms with Crippen LogP contribution in [0.25, 0.3) is 0 Å². The molecular weight excluding hydrogens is 242 g/mol. The Bertz CT molecular complexity index is 321. The van der Waals surface area contributed by atoms with Crippen molar-refractivity contribution in [2.45, 2.75) is 69.9 Å². The Morgan fingerprint density at radius 3 is 2.84 bits per heavy atom. The van der Waals surface area contributed by atoms with Crippen LogP contribution in [0.1, 0.15) is 58.3 Å². The second-order valence-electron chi connectivity index (χ2n) is 6.49. The number of rotatable bonds is 5. The highest BCUT2D eigenvalue weighted by Gasteiger charge is 2.45. The lowest BCUT2D eigenvalue weighted by Gasteiger charge is -2.29. The van der Waals surface area contributed by atoms with Crippen molar-refractivity contribution in [2.75, 3.05) is 6.61 Å². The molecule has 0 aromatic rings. The molecule has 4 unspecified atom stereocenters. The van der Waals surface area contributed by atoms with Crippen LogP contribution < -0.4 is 5.73 Å². The van der Waals surface area contributed by atoms with Crippen LogP contribution in [0.4, 0.5) is 0 Å². The van der Waals surface area contributed by atoms with Gasteiger partial charge in [0.05, 0.1) is 6.10 Å². The van der Waals surface area contributed by atoms with Crippen molar-refractivity contribution in [1.29, 1.82) is 0 Å². The standard InChI is InChI=1S/C15H27NO3/c1-11-4-2-6-13(10-11)19-9-7-12-5-3-8-15(12,16)14(17)18/h11-13H,2-10,16H2,1H3,(H,17,18). The van der Waals surface area contributed by atoms with Gasteiger partial charge in [0.25, 0.3) is 0 Å². The summed E-state index contributed by atoms with van der Waals surface area (Å²) in [5, 5.41) is 9.26. The molecule has 0 aromatic carbocycles. The molecule has 0 aliphatic heterocycles. The molecule has 2 aliphatic carbocycles. The summed E-state index contributed by atoms with van der Waals surface area (Å²) in [6.07, 6.45) is 8.49. The van der Waals surface area contributed by atoms with Gasteiger partial charge in [-0.25, -0.2) is 0 Å². The van der Waals surface area contributed by atoms with Crippen molar-refractivity contribution in [3.8, 4) is 0 Å². The molecule has 4 heteroatoms. The van der Waals surface area contributed by atoms with Gasteiger partial charge in [-0.15, -0.1) is 0 Å². The highest BCUT2D eigenvalue weighted by Crippen LogP contribution is 2.36. The fourth-order valence-electron chi connectivity index (χ4n) is 3.69. The van der Waals surface area contributed by atoms with Gasteiger partial charge in [0, 0.05) is 6.61 Å². The number of nitrogens with two attached hydrogens (primary N) is 1. The highest BCUT2D eigenvalue weighted by molar-refractivity contribution is 5.79. The maximum absolute atomic E-state index is 11.3. The average molecular weight is 269 g/mol. The number of ether oxygens (including phenoxy) is 1. The predicted octanol–water partition coefficient (Wildman–Crippen LogP) is 2.55. The molecule has 110 valence electrons. The lowest BCUT2D eigenvalue weighted by atomic mass is 9.86. The molecule has 0 radical (unpaired) electrons. The first-order valence-electron chi connectivity index (χ1n) is 7.66. The van der Waals surface area contributed by atoms with Crippen molar-refractivity contribution >= 4 is 5.97 Å². The van der Waals surface area contributed by atoms with E-state index in [9.17, 15) is 9.90 Å². The van der Waals surface area contributed by atoms with Crippen LogP contribution in [0.3, 0.4) is 0 Å². The quantitative estimate of drug-likeness (QED) is 0.804. The fourth-order valence-corrected chi connectivity index (χ4v) is 3.69. The predicted molar refractivity (Wildman–Crippen MR) is 73.9 cm³/mol. The molecule has 19 heavy (non-hydrogen) atoms. The van der Waals surface area contributed by atoms with Gasteiger partial charge < -0.3 is 15.6 Å². The van der Waals surface area contributed by atoms with Crippen molar-refractivity contribution in [2.24, 2.45) is 17.6 Å². The van der Waals surface area contributed by atoms with Gasteiger partial charge in [-0.2, -0.15) is 0 Å². The van der Waals surface area contributed by atoms with Crippen LogP contribution in [0, 0.1) is 11.8 Å². The van der Waals surface area contributed by atoms with Crippen molar-refractivity contribution < 1.29 is 14.6 Å². The van der Waals surface area contributed by atoms with Gasteiger partial charge in [0.15, 0.2) is 0 Å². The first kappa shape index (κ1) is 14.8. The van der Waals surface area contributed by atoms with Gasteiger partial charge in [0.1, 0.15) is 5.54 Å². The van der Waals surface area contributed by atoms with E-state index in [-0.39, 0.29) is 5.92 Å². The molecule has 0 spiro atoms. The Hall–Kier alpha value is -0.610. The van der Waals surface area contributed by atoms with E-state index in [0.29, 0.717) is 19.1 Å². The van der Waals surface area contributed by atoms with Crippen LogP contribution >= 0.6 is 0 Å². The molecule has 0 amide bonds. The third-order valence-electron chi connectivity index (χ3n) is 4.98. The zero-order valence-electron chi connectivity index (χ0n) is 11.9. The Morgan fingerprint density at radius 2 is 2.16 bits per heavy atom. The van der Waals surface area contributed by atoms with Crippen molar-refractivity contribution in [3.63, 3.8) is 0 Å². The van der Waals surface area contributed by atoms with E-state index >= 15 is 0 Å². The van der Waals surface area contributed by atoms with Crippen LogP contribution in [0.5, 0.6) is 0 Å². The summed E-state index contributed by atoms with van der Waals surface area (Å²) in [6.45, 7) is 2.94. The minimum atomic E-state index is -1.01. The van der Waals surface area contributed by atoms with Gasteiger partial charge in [-0.05, 0) is 43.9 Å². The maximum Gasteiger partial charge on any atom is 0.323 e. The monoisotopic (exact) mass is 269 g/mol. The number of aliphatic carboxylic acids is 1. The summed E-state index contributed by atoms with van der Waals surface area (Å²) >= 11 is 0. The minimum absolute atomic E-state index is 0.0750. The molecule has 2 saturated carbocycles. The maximum atomic E-state index is 11.3. The molecular formula is C15H27NO3. The van der Waals surface area contributed by atoms with Crippen molar-refractivity contribution in [1.82, 2.24) is 0 Å². The lowest BCUT2D eigenvalue weighted by Crippen LogP contribution is -2.51. The molecule has 3 N–H and O–H groups in total. The SMILES string of the molecule is CC1CCCC(OCCC2CCCC2(N)C(=O)O)C1. The Labute approximate surface area is 115 Å². The van der Waals surface area contributed by atoms with Gasteiger partial charge >= 0.3 is 5.97 Å². The molecule has 0 saturated heterocycles. The fraction of sp³-hybridized carbons (Fsp3) is 0.933. The summed E-state index contributed by atoms with van der Waals surface area (Å²) < 4.78 is 5.94. The zero-order chi connectivity index (χ0) is 13.9.